The minimum Gasteiger partial charge on any atom is -0.459 e. The molecule has 5 heteroatoms. The van der Waals surface area contributed by atoms with Gasteiger partial charge in [-0.3, -0.25) is 4.79 Å². The molecule has 0 radical (unpaired) electrons. The molecule has 0 aliphatic heterocycles. The second kappa shape index (κ2) is 9.30. The monoisotopic (exact) mass is 320 g/mol. The van der Waals surface area contributed by atoms with Crippen LogP contribution in [0.25, 0.3) is 0 Å². The van der Waals surface area contributed by atoms with Crippen LogP contribution in [0.3, 0.4) is 0 Å². The summed E-state index contributed by atoms with van der Waals surface area (Å²) >= 11 is 0. The number of carbonyl (C=O) groups excluding carboxylic acids is 2. The lowest BCUT2D eigenvalue weighted by atomic mass is 10.0. The predicted octanol–water partition coefficient (Wildman–Crippen LogP) is 2.24. The highest BCUT2D eigenvalue weighted by Gasteiger charge is 2.26. The van der Waals surface area contributed by atoms with Crippen molar-refractivity contribution in [3.05, 3.63) is 35.9 Å². The molecule has 0 saturated heterocycles. The van der Waals surface area contributed by atoms with Crippen molar-refractivity contribution < 1.29 is 14.3 Å². The van der Waals surface area contributed by atoms with E-state index in [1.54, 1.807) is 0 Å². The van der Waals surface area contributed by atoms with Gasteiger partial charge in [0.05, 0.1) is 6.04 Å². The highest BCUT2D eigenvalue weighted by molar-refractivity contribution is 5.87. The molecule has 0 fully saturated rings. The Balaban J connectivity index is 2.65. The highest BCUT2D eigenvalue weighted by Crippen LogP contribution is 2.10. The fourth-order valence-electron chi connectivity index (χ4n) is 2.09. The second-order valence-electron chi connectivity index (χ2n) is 6.55. The van der Waals surface area contributed by atoms with Crippen LogP contribution in [-0.2, 0) is 20.9 Å². The summed E-state index contributed by atoms with van der Waals surface area (Å²) in [5.74, 6) is -0.482. The first-order valence-electron chi connectivity index (χ1n) is 8.07. The first kappa shape index (κ1) is 19.2. The summed E-state index contributed by atoms with van der Waals surface area (Å²) in [7, 11) is 0. The molecule has 0 heterocycles. The zero-order valence-electron chi connectivity index (χ0n) is 14.4. The summed E-state index contributed by atoms with van der Waals surface area (Å²) in [4.78, 5) is 24.4. The maximum Gasteiger partial charge on any atom is 0.328 e. The minimum atomic E-state index is -0.670. The SMILES string of the molecule is CC(C)C[C@H](NC(=O)[C@@H](N)C(C)C)C(=O)OCc1ccccc1. The molecule has 1 aromatic carbocycles. The number of hydrogen-bond donors (Lipinski definition) is 2. The topological polar surface area (TPSA) is 81.4 Å². The summed E-state index contributed by atoms with van der Waals surface area (Å²) in [6.07, 6.45) is 0.518. The zero-order chi connectivity index (χ0) is 17.4. The number of nitrogens with two attached hydrogens (primary N) is 1. The quantitative estimate of drug-likeness (QED) is 0.720. The van der Waals surface area contributed by atoms with Crippen LogP contribution >= 0.6 is 0 Å². The maximum atomic E-state index is 12.3. The zero-order valence-corrected chi connectivity index (χ0v) is 14.4. The summed E-state index contributed by atoms with van der Waals surface area (Å²) in [6.45, 7) is 7.92. The average molecular weight is 320 g/mol. The predicted molar refractivity (Wildman–Crippen MR) is 90.4 cm³/mol. The molecule has 0 aliphatic carbocycles. The van der Waals surface area contributed by atoms with E-state index in [1.165, 1.54) is 0 Å². The highest BCUT2D eigenvalue weighted by atomic mass is 16.5. The summed E-state index contributed by atoms with van der Waals surface area (Å²) < 4.78 is 5.34. The van der Waals surface area contributed by atoms with Crippen molar-refractivity contribution in [1.29, 1.82) is 0 Å². The molecule has 1 rings (SSSR count). The number of nitrogens with one attached hydrogen (secondary N) is 1. The smallest absolute Gasteiger partial charge is 0.328 e. The van der Waals surface area contributed by atoms with Gasteiger partial charge in [-0.05, 0) is 23.8 Å². The Bertz CT molecular complexity index is 500. The Labute approximate surface area is 138 Å². The fraction of sp³-hybridized carbons (Fsp3) is 0.556. The van der Waals surface area contributed by atoms with Gasteiger partial charge in [0.1, 0.15) is 12.6 Å². The number of rotatable bonds is 8. The van der Waals surface area contributed by atoms with Gasteiger partial charge in [-0.25, -0.2) is 4.79 Å². The Hall–Kier alpha value is -1.88. The van der Waals surface area contributed by atoms with Crippen molar-refractivity contribution in [2.75, 3.05) is 0 Å². The lowest BCUT2D eigenvalue weighted by molar-refractivity contribution is -0.149. The van der Waals surface area contributed by atoms with Gasteiger partial charge < -0.3 is 15.8 Å². The normalized spacial score (nSPS) is 13.7. The summed E-state index contributed by atoms with van der Waals surface area (Å²) in [5.41, 5.74) is 6.75. The Kier molecular flexibility index (Phi) is 7.75. The maximum absolute atomic E-state index is 12.3. The van der Waals surface area contributed by atoms with Crippen LogP contribution < -0.4 is 11.1 Å². The van der Waals surface area contributed by atoms with Crippen LogP contribution in [0.5, 0.6) is 0 Å². The van der Waals surface area contributed by atoms with Crippen LogP contribution in [0.1, 0.15) is 39.7 Å². The van der Waals surface area contributed by atoms with Crippen LogP contribution in [-0.4, -0.2) is 24.0 Å². The molecule has 23 heavy (non-hydrogen) atoms. The molecule has 0 unspecified atom stereocenters. The first-order valence-corrected chi connectivity index (χ1v) is 8.07. The van der Waals surface area contributed by atoms with Gasteiger partial charge in [-0.1, -0.05) is 58.0 Å². The van der Waals surface area contributed by atoms with Gasteiger partial charge in [-0.2, -0.15) is 0 Å². The molecule has 0 spiro atoms. The van der Waals surface area contributed by atoms with Gasteiger partial charge in [0, 0.05) is 0 Å². The van der Waals surface area contributed by atoms with E-state index in [0.29, 0.717) is 6.42 Å². The molecular formula is C18H28N2O3. The van der Waals surface area contributed by atoms with Crippen LogP contribution in [0.2, 0.25) is 0 Å². The molecule has 1 amide bonds. The minimum absolute atomic E-state index is 0.00930. The third-order valence-corrected chi connectivity index (χ3v) is 3.55. The number of hydrogen-bond acceptors (Lipinski definition) is 4. The van der Waals surface area contributed by atoms with Crippen molar-refractivity contribution >= 4 is 11.9 Å². The van der Waals surface area contributed by atoms with E-state index < -0.39 is 18.1 Å². The lowest BCUT2D eigenvalue weighted by Crippen LogP contribution is -2.51. The molecule has 0 aliphatic rings. The van der Waals surface area contributed by atoms with Gasteiger partial charge in [0.15, 0.2) is 0 Å². The molecule has 0 bridgehead atoms. The van der Waals surface area contributed by atoms with E-state index in [4.69, 9.17) is 10.5 Å². The number of ether oxygens (including phenoxy) is 1. The molecule has 5 nitrogen and oxygen atoms in total. The standard InChI is InChI=1S/C18H28N2O3/c1-12(2)10-15(20-17(21)16(19)13(3)4)18(22)23-11-14-8-6-5-7-9-14/h5-9,12-13,15-16H,10-11,19H2,1-4H3,(H,20,21)/t15-,16-/m0/s1. The van der Waals surface area contributed by atoms with E-state index >= 15 is 0 Å². The Morgan fingerprint density at radius 2 is 1.74 bits per heavy atom. The van der Waals surface area contributed by atoms with Crippen molar-refractivity contribution in [3.8, 4) is 0 Å². The summed E-state index contributed by atoms with van der Waals surface area (Å²) in [6, 6.07) is 8.15. The van der Waals surface area contributed by atoms with Crippen molar-refractivity contribution in [2.45, 2.75) is 52.8 Å². The lowest BCUT2D eigenvalue weighted by Gasteiger charge is -2.22. The van der Waals surface area contributed by atoms with Crippen molar-refractivity contribution in [1.82, 2.24) is 5.32 Å². The number of benzene rings is 1. The van der Waals surface area contributed by atoms with Gasteiger partial charge in [-0.15, -0.1) is 0 Å². The Morgan fingerprint density at radius 3 is 2.26 bits per heavy atom. The molecule has 0 saturated carbocycles. The summed E-state index contributed by atoms with van der Waals surface area (Å²) in [5, 5.41) is 2.73. The Morgan fingerprint density at radius 1 is 1.13 bits per heavy atom. The largest absolute Gasteiger partial charge is 0.459 e. The molecular weight excluding hydrogens is 292 g/mol. The average Bonchev–Trinajstić information content (AvgIpc) is 2.51. The van der Waals surface area contributed by atoms with Gasteiger partial charge in [0.25, 0.3) is 0 Å². The first-order chi connectivity index (χ1) is 10.8. The fourth-order valence-corrected chi connectivity index (χ4v) is 2.09. The van der Waals surface area contributed by atoms with Gasteiger partial charge >= 0.3 is 5.97 Å². The van der Waals surface area contributed by atoms with E-state index in [-0.39, 0.29) is 24.3 Å². The van der Waals surface area contributed by atoms with Crippen molar-refractivity contribution in [3.63, 3.8) is 0 Å². The van der Waals surface area contributed by atoms with E-state index in [1.807, 2.05) is 58.0 Å². The van der Waals surface area contributed by atoms with E-state index in [2.05, 4.69) is 5.32 Å². The van der Waals surface area contributed by atoms with Crippen molar-refractivity contribution in [2.24, 2.45) is 17.6 Å². The third-order valence-electron chi connectivity index (χ3n) is 3.55. The molecule has 2 atom stereocenters. The molecule has 0 aromatic heterocycles. The molecule has 128 valence electrons. The van der Waals surface area contributed by atoms with Crippen LogP contribution in [0.15, 0.2) is 30.3 Å². The third kappa shape index (κ3) is 6.82. The molecule has 1 aromatic rings. The van der Waals surface area contributed by atoms with Crippen LogP contribution in [0, 0.1) is 11.8 Å². The van der Waals surface area contributed by atoms with Gasteiger partial charge in [0.2, 0.25) is 5.91 Å². The number of carbonyl (C=O) groups is 2. The van der Waals surface area contributed by atoms with E-state index in [0.717, 1.165) is 5.56 Å². The molecule has 3 N–H and O–H groups in total. The second-order valence-corrected chi connectivity index (χ2v) is 6.55. The van der Waals surface area contributed by atoms with Crippen LogP contribution in [0.4, 0.5) is 0 Å². The number of esters is 1. The van der Waals surface area contributed by atoms with E-state index in [9.17, 15) is 9.59 Å². The number of amides is 1.